The van der Waals surface area contributed by atoms with Crippen LogP contribution in [0.4, 0.5) is 0 Å². The van der Waals surface area contributed by atoms with Crippen molar-refractivity contribution in [2.45, 2.75) is 38.9 Å². The van der Waals surface area contributed by atoms with E-state index in [1.807, 2.05) is 87.2 Å². The first kappa shape index (κ1) is 88.9. The summed E-state index contributed by atoms with van der Waals surface area (Å²) in [4.78, 5) is 16.5. The van der Waals surface area contributed by atoms with Crippen LogP contribution < -0.4 is 69.1 Å². The normalized spacial score (nSPS) is 12.1. The number of hydrogen-bond acceptors (Lipinski definition) is 8. The van der Waals surface area contributed by atoms with E-state index < -0.39 is 38.8 Å². The fourth-order valence-corrected chi connectivity index (χ4v) is 24.3. The van der Waals surface area contributed by atoms with Gasteiger partial charge in [0, 0.05) is 48.3 Å². The predicted molar refractivity (Wildman–Crippen MR) is 521 cm³/mol. The Bertz CT molecular complexity index is 5110. The molecule has 14 aromatic carbocycles. The van der Waals surface area contributed by atoms with Crippen LogP contribution in [0.15, 0.2) is 453 Å². The molecule has 0 aliphatic carbocycles. The number of fused-ring (bicyclic) bond motifs is 2. The quantitative estimate of drug-likeness (QED) is 0.0614. The number of benzene rings is 14. The SMILES string of the molecule is Brc1ccc2ncsc2c1.CC1(C)OB(c2cccnc2Cl)OC1(C)C.Clc1ncccc1-c1ccc2ncsc2c1.[Pd].c1ccc(P(c2ccccc2)c2ccccc2)cc1.c1ccc(P(c2ccccc2)c2ccccc2)cc1.c1ccc(P(c2ccccc2)c2ccccc2)cc1.c1ccc(P(c2ccccc2)c2ccccc2)cc1. The van der Waals surface area contributed by atoms with Gasteiger partial charge in [-0.3, -0.25) is 0 Å². The van der Waals surface area contributed by atoms with Gasteiger partial charge in [0.05, 0.1) is 42.7 Å². The first-order valence-corrected chi connectivity index (χ1v) is 47.2. The van der Waals surface area contributed by atoms with Gasteiger partial charge >= 0.3 is 7.12 Å². The molecule has 0 amide bonds. The van der Waals surface area contributed by atoms with Crippen LogP contribution in [0.3, 0.4) is 0 Å². The maximum Gasteiger partial charge on any atom is 0.498 e. The largest absolute Gasteiger partial charge is 0.498 e. The standard InChI is InChI=1S/4C18H15P.C12H7ClN2S.C11H15BClNO2.C7H4BrNS.Pd/c4*1-4-10-16(11-5-1)19(17-12-6-2-7-13-17)18-14-8-3-9-15-18;13-12-9(2-1-5-14-12)8-3-4-10-11(6-8)16-7-15-10;1-10(2)11(3,4)16-12(15-10)8-6-5-7-14-9(8)13;8-5-1-2-6-7(3-5)10-4-9-6;/h4*1-15H;1-7H;5-7H,1-4H3;1-4H;. The summed E-state index contributed by atoms with van der Waals surface area (Å²) in [5.41, 5.74) is 7.92. The molecular formula is C102H86BBrCl2N4O2P4PdS2. The van der Waals surface area contributed by atoms with E-state index in [0.29, 0.717) is 10.3 Å². The Morgan fingerprint density at radius 1 is 0.286 bits per heavy atom. The van der Waals surface area contributed by atoms with E-state index in [-0.39, 0.29) is 31.6 Å². The molecule has 1 fully saturated rings. The van der Waals surface area contributed by atoms with E-state index in [1.54, 1.807) is 35.1 Å². The van der Waals surface area contributed by atoms with Gasteiger partial charge in [-0.15, -0.1) is 22.7 Å². The van der Waals surface area contributed by atoms with Gasteiger partial charge in [-0.1, -0.05) is 415 Å². The zero-order chi connectivity index (χ0) is 81.6. The van der Waals surface area contributed by atoms with Gasteiger partial charge in [0.15, 0.2) is 0 Å². The van der Waals surface area contributed by atoms with Crippen LogP contribution in [0.1, 0.15) is 27.7 Å². The zero-order valence-corrected chi connectivity index (χ0v) is 75.8. The maximum absolute atomic E-state index is 6.06. The molecule has 0 saturated carbocycles. The van der Waals surface area contributed by atoms with E-state index >= 15 is 0 Å². The third kappa shape index (κ3) is 25.1. The number of hydrogen-bond donors (Lipinski definition) is 0. The van der Waals surface area contributed by atoms with Crippen molar-refractivity contribution in [3.05, 3.63) is 463 Å². The Kier molecular flexibility index (Phi) is 34.2. The summed E-state index contributed by atoms with van der Waals surface area (Å²) in [6.45, 7) is 8.04. The molecule has 18 aromatic rings. The summed E-state index contributed by atoms with van der Waals surface area (Å²) in [7, 11) is -2.22. The molecule has 0 spiro atoms. The summed E-state index contributed by atoms with van der Waals surface area (Å²) in [5, 5.41) is 17.7. The molecule has 0 radical (unpaired) electrons. The smallest absolute Gasteiger partial charge is 0.399 e. The molecule has 5 heterocycles. The molecule has 6 nitrogen and oxygen atoms in total. The second kappa shape index (κ2) is 45.8. The maximum atomic E-state index is 6.06. The van der Waals surface area contributed by atoms with Crippen molar-refractivity contribution < 1.29 is 29.7 Å². The fraction of sp³-hybridized carbons (Fsp3) is 0.0588. The second-order valence-electron chi connectivity index (χ2n) is 27.7. The number of pyridine rings is 2. The fourth-order valence-electron chi connectivity index (χ4n) is 12.7. The minimum atomic E-state index is -0.446. The van der Waals surface area contributed by atoms with Crippen LogP contribution in [-0.4, -0.2) is 38.3 Å². The monoisotopic (exact) mass is 1850 g/mol. The molecular weight excluding hydrogens is 1770 g/mol. The molecule has 0 N–H and O–H groups in total. The number of rotatable bonds is 14. The summed E-state index contributed by atoms with van der Waals surface area (Å²) in [5.74, 6) is 0. The van der Waals surface area contributed by atoms with Crippen LogP contribution in [0, 0.1) is 0 Å². The van der Waals surface area contributed by atoms with Gasteiger partial charge in [-0.2, -0.15) is 0 Å². The van der Waals surface area contributed by atoms with Gasteiger partial charge in [0.2, 0.25) is 0 Å². The molecule has 4 aromatic heterocycles. The average molecular weight is 1860 g/mol. The van der Waals surface area contributed by atoms with Crippen molar-refractivity contribution in [1.82, 2.24) is 19.9 Å². The van der Waals surface area contributed by atoms with Crippen LogP contribution in [0.25, 0.3) is 31.6 Å². The summed E-state index contributed by atoms with van der Waals surface area (Å²) in [6.07, 6.45) is 3.34. The van der Waals surface area contributed by atoms with E-state index in [4.69, 9.17) is 32.5 Å². The Morgan fingerprint density at radius 3 is 0.790 bits per heavy atom. The van der Waals surface area contributed by atoms with Gasteiger partial charge < -0.3 is 9.31 Å². The number of halogens is 3. The molecule has 0 bridgehead atoms. The van der Waals surface area contributed by atoms with Crippen molar-refractivity contribution >= 4 is 190 Å². The third-order valence-electron chi connectivity index (χ3n) is 19.2. The number of nitrogens with zero attached hydrogens (tertiary/aromatic N) is 4. The second-order valence-corrected chi connectivity index (χ2v) is 40.0. The van der Waals surface area contributed by atoms with Gasteiger partial charge in [0.25, 0.3) is 0 Å². The molecule has 0 atom stereocenters. The average Bonchev–Trinajstić information content (AvgIpc) is 1.62. The summed E-state index contributed by atoms with van der Waals surface area (Å²) in [6, 6.07) is 149. The molecule has 17 heteroatoms. The Labute approximate surface area is 745 Å². The summed E-state index contributed by atoms with van der Waals surface area (Å²) < 4.78 is 15.3. The van der Waals surface area contributed by atoms with Gasteiger partial charge in [-0.25, -0.2) is 19.9 Å². The number of thiazole rings is 2. The first-order valence-electron chi connectivity index (χ1n) is 38.5. The molecule has 1 saturated heterocycles. The van der Waals surface area contributed by atoms with E-state index in [9.17, 15) is 0 Å². The van der Waals surface area contributed by atoms with E-state index in [2.05, 4.69) is 412 Å². The molecule has 1 aliphatic rings. The Hall–Kier alpha value is -9.41. The number of aromatic nitrogens is 4. The Morgan fingerprint density at radius 2 is 0.529 bits per heavy atom. The van der Waals surface area contributed by atoms with Crippen LogP contribution in [-0.2, 0) is 29.7 Å². The Balaban J connectivity index is 0.000000128. The minimum absolute atomic E-state index is 0. The molecule has 0 unspecified atom stereocenters. The van der Waals surface area contributed by atoms with Crippen molar-refractivity contribution in [3.8, 4) is 11.1 Å². The zero-order valence-electron chi connectivity index (χ0n) is 66.0. The van der Waals surface area contributed by atoms with Crippen molar-refractivity contribution in [2.75, 3.05) is 0 Å². The van der Waals surface area contributed by atoms with Gasteiger partial charge in [-0.05, 0) is 177 Å². The van der Waals surface area contributed by atoms with Crippen molar-refractivity contribution in [2.24, 2.45) is 0 Å². The van der Waals surface area contributed by atoms with Crippen LogP contribution >= 0.6 is 93.5 Å². The predicted octanol–water partition coefficient (Wildman–Crippen LogP) is 22.9. The van der Waals surface area contributed by atoms with Crippen LogP contribution in [0.2, 0.25) is 10.3 Å². The van der Waals surface area contributed by atoms with Crippen LogP contribution in [0.5, 0.6) is 0 Å². The van der Waals surface area contributed by atoms with Crippen molar-refractivity contribution in [3.63, 3.8) is 0 Å². The topological polar surface area (TPSA) is 70.0 Å². The van der Waals surface area contributed by atoms with E-state index in [1.165, 1.54) is 68.4 Å². The van der Waals surface area contributed by atoms with Crippen molar-refractivity contribution in [1.29, 1.82) is 0 Å². The molecule has 1 aliphatic heterocycles. The minimum Gasteiger partial charge on any atom is -0.399 e. The first-order chi connectivity index (χ1) is 57.8. The molecule has 119 heavy (non-hydrogen) atoms. The van der Waals surface area contributed by atoms with E-state index in [0.717, 1.165) is 36.8 Å². The summed E-state index contributed by atoms with van der Waals surface area (Å²) >= 11 is 18.8. The molecule has 592 valence electrons. The van der Waals surface area contributed by atoms with Gasteiger partial charge in [0.1, 0.15) is 10.3 Å². The third-order valence-corrected chi connectivity index (χ3v) is 31.6. The molecule has 19 rings (SSSR count).